The third-order valence-corrected chi connectivity index (χ3v) is 6.07. The molecule has 0 spiro atoms. The molecule has 3 fully saturated rings. The molecule has 96 valence electrons. The largest absolute Gasteiger partial charge is 0.337 e. The van der Waals surface area contributed by atoms with Gasteiger partial charge in [-0.05, 0) is 37.9 Å². The van der Waals surface area contributed by atoms with Gasteiger partial charge in [-0.1, -0.05) is 0 Å². The second kappa shape index (κ2) is 4.16. The summed E-state index contributed by atoms with van der Waals surface area (Å²) in [6.07, 6.45) is 1.09. The number of likely N-dealkylation sites (tertiary alicyclic amines) is 1. The molecular weight excluding hydrogens is 232 g/mol. The van der Waals surface area contributed by atoms with Gasteiger partial charge in [0.05, 0.1) is 0 Å². The van der Waals surface area contributed by atoms with E-state index in [0.717, 1.165) is 31.8 Å². The Morgan fingerprint density at radius 3 is 2.88 bits per heavy atom. The van der Waals surface area contributed by atoms with E-state index >= 15 is 0 Å². The van der Waals surface area contributed by atoms with Crippen molar-refractivity contribution in [2.24, 2.45) is 17.8 Å². The van der Waals surface area contributed by atoms with E-state index in [1.165, 1.54) is 5.75 Å². The Morgan fingerprint density at radius 2 is 2.24 bits per heavy atom. The number of carbonyl (C=O) groups excluding carboxylic acids is 1. The van der Waals surface area contributed by atoms with Crippen LogP contribution in [-0.2, 0) is 4.79 Å². The van der Waals surface area contributed by atoms with Crippen LogP contribution >= 0.6 is 11.8 Å². The zero-order valence-electron chi connectivity index (χ0n) is 10.7. The first-order chi connectivity index (χ1) is 8.10. The number of hydrogen-bond donors (Lipinski definition) is 1. The van der Waals surface area contributed by atoms with Gasteiger partial charge in [0, 0.05) is 36.8 Å². The Balaban J connectivity index is 1.77. The fraction of sp³-hybridized carbons (Fsp3) is 0.923. The first-order valence-corrected chi connectivity index (χ1v) is 7.86. The van der Waals surface area contributed by atoms with Gasteiger partial charge in [-0.25, -0.2) is 0 Å². The highest BCUT2D eigenvalue weighted by atomic mass is 32.2. The fourth-order valence-corrected chi connectivity index (χ4v) is 4.96. The van der Waals surface area contributed by atoms with Crippen LogP contribution in [0.3, 0.4) is 0 Å². The molecule has 0 aromatic rings. The zero-order valence-corrected chi connectivity index (χ0v) is 11.6. The molecule has 0 aromatic heterocycles. The maximum Gasteiger partial charge on any atom is 0.227 e. The topological polar surface area (TPSA) is 32.3 Å². The van der Waals surface area contributed by atoms with Crippen molar-refractivity contribution < 1.29 is 4.79 Å². The lowest BCUT2D eigenvalue weighted by molar-refractivity contribution is -0.138. The fourth-order valence-electron chi connectivity index (χ4n) is 3.75. The highest BCUT2D eigenvalue weighted by Crippen LogP contribution is 2.42. The van der Waals surface area contributed by atoms with Crippen LogP contribution in [0.2, 0.25) is 0 Å². The van der Waals surface area contributed by atoms with Crippen molar-refractivity contribution >= 4 is 17.7 Å². The molecule has 1 N–H and O–H groups in total. The van der Waals surface area contributed by atoms with Crippen molar-refractivity contribution in [3.05, 3.63) is 0 Å². The second-order valence-corrected chi connectivity index (χ2v) is 7.34. The highest BCUT2D eigenvalue weighted by Gasteiger charge is 2.52. The Morgan fingerprint density at radius 1 is 1.41 bits per heavy atom. The van der Waals surface area contributed by atoms with Crippen LogP contribution in [0, 0.1) is 17.8 Å². The monoisotopic (exact) mass is 254 g/mol. The highest BCUT2D eigenvalue weighted by molar-refractivity contribution is 7.99. The molecule has 0 aliphatic carbocycles. The molecule has 3 unspecified atom stereocenters. The summed E-state index contributed by atoms with van der Waals surface area (Å²) in [4.78, 5) is 14.8. The van der Waals surface area contributed by atoms with Gasteiger partial charge >= 0.3 is 0 Å². The summed E-state index contributed by atoms with van der Waals surface area (Å²) in [7, 11) is 0. The lowest BCUT2D eigenvalue weighted by atomic mass is 9.84. The molecule has 17 heavy (non-hydrogen) atoms. The molecule has 1 amide bonds. The first kappa shape index (κ1) is 11.8. The number of nitrogens with one attached hydrogen (secondary N) is 1. The Hall–Kier alpha value is -0.220. The quantitative estimate of drug-likeness (QED) is 0.763. The van der Waals surface area contributed by atoms with Crippen LogP contribution in [0.15, 0.2) is 0 Å². The van der Waals surface area contributed by atoms with Gasteiger partial charge in [-0.2, -0.15) is 11.8 Å². The second-order valence-electron chi connectivity index (χ2n) is 6.19. The third-order valence-electron chi connectivity index (χ3n) is 4.90. The van der Waals surface area contributed by atoms with Crippen molar-refractivity contribution in [1.82, 2.24) is 10.2 Å². The maximum absolute atomic E-state index is 12.6. The molecule has 3 heterocycles. The lowest BCUT2D eigenvalue weighted by Gasteiger charge is -2.37. The molecule has 0 radical (unpaired) electrons. The van der Waals surface area contributed by atoms with Crippen LogP contribution in [-0.4, -0.2) is 47.5 Å². The molecule has 3 aliphatic rings. The number of fused-ring (bicyclic) bond motifs is 1. The summed E-state index contributed by atoms with van der Waals surface area (Å²) < 4.78 is 0. The van der Waals surface area contributed by atoms with Gasteiger partial charge in [0.25, 0.3) is 0 Å². The molecule has 3 nitrogen and oxygen atoms in total. The molecule has 0 saturated carbocycles. The number of rotatable bonds is 1. The Kier molecular flexibility index (Phi) is 2.90. The first-order valence-electron chi connectivity index (χ1n) is 6.70. The number of amides is 1. The zero-order chi connectivity index (χ0) is 12.0. The molecule has 4 heteroatoms. The number of thioether (sulfide) groups is 1. The number of carbonyl (C=O) groups is 1. The van der Waals surface area contributed by atoms with Gasteiger partial charge in [-0.3, -0.25) is 4.79 Å². The van der Waals surface area contributed by atoms with Crippen LogP contribution in [0.1, 0.15) is 20.3 Å². The minimum Gasteiger partial charge on any atom is -0.337 e. The molecule has 3 aliphatic heterocycles. The molecule has 0 bridgehead atoms. The third kappa shape index (κ3) is 1.80. The molecule has 3 atom stereocenters. The SMILES string of the molecule is CC1(C)C2CNCC2CN1C(=O)C1CCSC1. The summed E-state index contributed by atoms with van der Waals surface area (Å²) in [5, 5.41) is 3.47. The van der Waals surface area contributed by atoms with E-state index in [9.17, 15) is 4.79 Å². The molecule has 3 rings (SSSR count). The average Bonchev–Trinajstić information content (AvgIpc) is 2.97. The summed E-state index contributed by atoms with van der Waals surface area (Å²) in [6.45, 7) is 7.66. The average molecular weight is 254 g/mol. The van der Waals surface area contributed by atoms with E-state index in [0.29, 0.717) is 23.7 Å². The van der Waals surface area contributed by atoms with Crippen LogP contribution in [0.4, 0.5) is 0 Å². The van der Waals surface area contributed by atoms with Crippen LogP contribution < -0.4 is 5.32 Å². The van der Waals surface area contributed by atoms with Crippen LogP contribution in [0.25, 0.3) is 0 Å². The summed E-state index contributed by atoms with van der Waals surface area (Å²) in [5.74, 6) is 4.27. The predicted octanol–water partition coefficient (Wildman–Crippen LogP) is 1.20. The molecule has 3 saturated heterocycles. The van der Waals surface area contributed by atoms with Gasteiger partial charge < -0.3 is 10.2 Å². The standard InChI is InChI=1S/C13H22N2OS/c1-13(2)11-6-14-5-10(11)7-15(13)12(16)9-3-4-17-8-9/h9-11,14H,3-8H2,1-2H3. The van der Waals surface area contributed by atoms with Gasteiger partial charge in [0.15, 0.2) is 0 Å². The van der Waals surface area contributed by atoms with E-state index in [-0.39, 0.29) is 5.54 Å². The minimum absolute atomic E-state index is 0.0541. The van der Waals surface area contributed by atoms with Crippen LogP contribution in [0.5, 0.6) is 0 Å². The summed E-state index contributed by atoms with van der Waals surface area (Å²) in [5.41, 5.74) is 0.0541. The van der Waals surface area contributed by atoms with Crippen molar-refractivity contribution in [3.8, 4) is 0 Å². The Labute approximate surface area is 108 Å². The van der Waals surface area contributed by atoms with Gasteiger partial charge in [0.1, 0.15) is 0 Å². The van der Waals surface area contributed by atoms with Crippen molar-refractivity contribution in [2.45, 2.75) is 25.8 Å². The molecular formula is C13H22N2OS. The summed E-state index contributed by atoms with van der Waals surface area (Å²) in [6, 6.07) is 0. The maximum atomic E-state index is 12.6. The van der Waals surface area contributed by atoms with E-state index in [2.05, 4.69) is 24.1 Å². The van der Waals surface area contributed by atoms with E-state index < -0.39 is 0 Å². The normalized spacial score (nSPS) is 39.6. The van der Waals surface area contributed by atoms with Crippen molar-refractivity contribution in [2.75, 3.05) is 31.1 Å². The van der Waals surface area contributed by atoms with E-state index in [1.54, 1.807) is 0 Å². The van der Waals surface area contributed by atoms with Crippen molar-refractivity contribution in [3.63, 3.8) is 0 Å². The smallest absolute Gasteiger partial charge is 0.227 e. The van der Waals surface area contributed by atoms with E-state index in [4.69, 9.17) is 0 Å². The number of hydrogen-bond acceptors (Lipinski definition) is 3. The minimum atomic E-state index is 0.0541. The van der Waals surface area contributed by atoms with Gasteiger partial charge in [0.2, 0.25) is 5.91 Å². The van der Waals surface area contributed by atoms with Gasteiger partial charge in [-0.15, -0.1) is 0 Å². The number of nitrogens with zero attached hydrogens (tertiary/aromatic N) is 1. The Bertz CT molecular complexity index is 325. The van der Waals surface area contributed by atoms with Crippen molar-refractivity contribution in [1.29, 1.82) is 0 Å². The summed E-state index contributed by atoms with van der Waals surface area (Å²) >= 11 is 1.93. The lowest BCUT2D eigenvalue weighted by Crippen LogP contribution is -2.49. The molecule has 0 aromatic carbocycles. The van der Waals surface area contributed by atoms with E-state index in [1.807, 2.05) is 11.8 Å². The predicted molar refractivity (Wildman–Crippen MR) is 71.1 cm³/mol.